The van der Waals surface area contributed by atoms with Gasteiger partial charge in [0.05, 0.1) is 0 Å². The van der Waals surface area contributed by atoms with Crippen molar-refractivity contribution in [2.24, 2.45) is 5.73 Å². The van der Waals surface area contributed by atoms with E-state index in [1.165, 1.54) is 0 Å². The molecule has 0 aromatic rings. The summed E-state index contributed by atoms with van der Waals surface area (Å²) in [7, 11) is 0. The van der Waals surface area contributed by atoms with Crippen LogP contribution in [0.3, 0.4) is 0 Å². The fourth-order valence-corrected chi connectivity index (χ4v) is 0.395. The van der Waals surface area contributed by atoms with Crippen molar-refractivity contribution in [2.45, 2.75) is 12.8 Å². The zero-order chi connectivity index (χ0) is 7.28. The van der Waals surface area contributed by atoms with Crippen LogP contribution in [0.1, 0.15) is 12.8 Å². The monoisotopic (exact) mass is 148 g/mol. The average molecular weight is 148 g/mol. The normalized spacial score (nSPS) is 8.56. The maximum absolute atomic E-state index is 10.1. The van der Waals surface area contributed by atoms with Crippen LogP contribution >= 0.6 is 12.2 Å². The Labute approximate surface area is 58.0 Å². The lowest BCUT2D eigenvalue weighted by Gasteiger charge is -1.96. The van der Waals surface area contributed by atoms with E-state index in [9.17, 15) is 4.79 Å². The highest BCUT2D eigenvalue weighted by Gasteiger charge is 1.96. The largest absolute Gasteiger partial charge is 0.370 e. The smallest absolute Gasteiger partial charge is 0.217 e. The number of thiocarbonyl (C=S) groups is 1. The standard InChI is InChI=1S/C4H8N2O2S/c5-3(7)1-2-4(9)6-8/h8H,1-2H2,(H2,5,7)(H,6,9). The third-order valence-corrected chi connectivity index (χ3v) is 1.02. The van der Waals surface area contributed by atoms with Crippen LogP contribution in [0.5, 0.6) is 0 Å². The predicted molar refractivity (Wildman–Crippen MR) is 35.9 cm³/mol. The van der Waals surface area contributed by atoms with Crippen molar-refractivity contribution in [3.8, 4) is 0 Å². The molecule has 52 valence electrons. The fraction of sp³-hybridized carbons (Fsp3) is 0.500. The highest BCUT2D eigenvalue weighted by molar-refractivity contribution is 7.80. The second-order valence-electron chi connectivity index (χ2n) is 1.50. The summed E-state index contributed by atoms with van der Waals surface area (Å²) in [6.45, 7) is 0. The molecular formula is C4H8N2O2S. The van der Waals surface area contributed by atoms with Crippen LogP contribution in [-0.4, -0.2) is 16.1 Å². The summed E-state index contributed by atoms with van der Waals surface area (Å²) in [6.07, 6.45) is 0.480. The lowest BCUT2D eigenvalue weighted by Crippen LogP contribution is -2.19. The molecule has 0 unspecified atom stereocenters. The molecule has 5 heteroatoms. The van der Waals surface area contributed by atoms with E-state index >= 15 is 0 Å². The number of hydrogen-bond acceptors (Lipinski definition) is 3. The number of nitrogens with one attached hydrogen (secondary N) is 1. The van der Waals surface area contributed by atoms with Gasteiger partial charge in [0, 0.05) is 12.8 Å². The van der Waals surface area contributed by atoms with Gasteiger partial charge in [0.15, 0.2) is 0 Å². The van der Waals surface area contributed by atoms with Crippen molar-refractivity contribution in [1.82, 2.24) is 5.48 Å². The molecule has 0 rings (SSSR count). The molecular weight excluding hydrogens is 140 g/mol. The molecule has 4 N–H and O–H groups in total. The Morgan fingerprint density at radius 3 is 2.56 bits per heavy atom. The predicted octanol–water partition coefficient (Wildman–Crippen LogP) is -0.442. The van der Waals surface area contributed by atoms with Crippen LogP contribution in [0, 0.1) is 0 Å². The Morgan fingerprint density at radius 2 is 2.22 bits per heavy atom. The lowest BCUT2D eigenvalue weighted by atomic mass is 10.3. The Morgan fingerprint density at radius 1 is 1.67 bits per heavy atom. The van der Waals surface area contributed by atoms with Crippen molar-refractivity contribution < 1.29 is 10.0 Å². The summed E-state index contributed by atoms with van der Waals surface area (Å²) in [5.41, 5.74) is 6.53. The van der Waals surface area contributed by atoms with Gasteiger partial charge >= 0.3 is 0 Å². The molecule has 0 aromatic carbocycles. The summed E-state index contributed by atoms with van der Waals surface area (Å²) in [5, 5.41) is 8.10. The van der Waals surface area contributed by atoms with Crippen LogP contribution in [0.25, 0.3) is 0 Å². The molecule has 0 saturated heterocycles. The highest BCUT2D eigenvalue weighted by atomic mass is 32.1. The number of hydrogen-bond donors (Lipinski definition) is 3. The third-order valence-electron chi connectivity index (χ3n) is 0.723. The molecule has 0 aliphatic rings. The zero-order valence-corrected chi connectivity index (χ0v) is 5.57. The first-order chi connectivity index (χ1) is 4.16. The third kappa shape index (κ3) is 5.19. The number of carbonyl (C=O) groups excluding carboxylic acids is 1. The van der Waals surface area contributed by atoms with Crippen LogP contribution in [0.4, 0.5) is 0 Å². The van der Waals surface area contributed by atoms with Gasteiger partial charge in [-0.25, -0.2) is 0 Å². The second kappa shape index (κ2) is 4.22. The first kappa shape index (κ1) is 8.32. The summed E-state index contributed by atoms with van der Waals surface area (Å²) in [6, 6.07) is 0. The molecule has 0 bridgehead atoms. The van der Waals surface area contributed by atoms with E-state index in [0.717, 1.165) is 0 Å². The van der Waals surface area contributed by atoms with E-state index in [-0.39, 0.29) is 11.4 Å². The molecule has 0 saturated carbocycles. The van der Waals surface area contributed by atoms with E-state index in [2.05, 4.69) is 12.2 Å². The van der Waals surface area contributed by atoms with E-state index in [0.29, 0.717) is 6.42 Å². The molecule has 0 heterocycles. The number of rotatable bonds is 3. The van der Waals surface area contributed by atoms with Gasteiger partial charge in [-0.05, 0) is 0 Å². The van der Waals surface area contributed by atoms with Crippen molar-refractivity contribution in [2.75, 3.05) is 0 Å². The number of carbonyl (C=O) groups is 1. The van der Waals surface area contributed by atoms with Crippen molar-refractivity contribution in [1.29, 1.82) is 0 Å². The maximum Gasteiger partial charge on any atom is 0.217 e. The second-order valence-corrected chi connectivity index (χ2v) is 1.99. The Balaban J connectivity index is 3.28. The topological polar surface area (TPSA) is 75.4 Å². The Kier molecular flexibility index (Phi) is 3.90. The molecule has 4 nitrogen and oxygen atoms in total. The summed E-state index contributed by atoms with van der Waals surface area (Å²) < 4.78 is 0. The average Bonchev–Trinajstić information content (AvgIpc) is 1.83. The SMILES string of the molecule is NC(=O)CCC(=S)NO. The summed E-state index contributed by atoms with van der Waals surface area (Å²) in [5.74, 6) is -0.424. The van der Waals surface area contributed by atoms with Gasteiger partial charge in [-0.3, -0.25) is 15.5 Å². The molecule has 0 fully saturated rings. The minimum atomic E-state index is -0.424. The number of hydroxylamine groups is 1. The van der Waals surface area contributed by atoms with Gasteiger partial charge in [0.25, 0.3) is 0 Å². The molecule has 0 aliphatic heterocycles. The molecule has 0 spiro atoms. The Hall–Kier alpha value is -0.680. The maximum atomic E-state index is 10.1. The zero-order valence-electron chi connectivity index (χ0n) is 4.76. The minimum absolute atomic E-state index is 0.173. The van der Waals surface area contributed by atoms with Crippen LogP contribution in [0.15, 0.2) is 0 Å². The molecule has 0 aliphatic carbocycles. The van der Waals surface area contributed by atoms with Crippen LogP contribution < -0.4 is 11.2 Å². The lowest BCUT2D eigenvalue weighted by molar-refractivity contribution is -0.117. The molecule has 0 atom stereocenters. The van der Waals surface area contributed by atoms with Crippen molar-refractivity contribution >= 4 is 23.1 Å². The van der Waals surface area contributed by atoms with Gasteiger partial charge in [-0.1, -0.05) is 12.2 Å². The van der Waals surface area contributed by atoms with E-state index in [1.807, 2.05) is 0 Å². The van der Waals surface area contributed by atoms with Crippen molar-refractivity contribution in [3.63, 3.8) is 0 Å². The van der Waals surface area contributed by atoms with Crippen LogP contribution in [0.2, 0.25) is 0 Å². The van der Waals surface area contributed by atoms with E-state index in [4.69, 9.17) is 10.9 Å². The van der Waals surface area contributed by atoms with Crippen molar-refractivity contribution in [3.05, 3.63) is 0 Å². The number of primary amides is 1. The first-order valence-corrected chi connectivity index (χ1v) is 2.79. The quantitative estimate of drug-likeness (QED) is 0.374. The van der Waals surface area contributed by atoms with Gasteiger partial charge in [0.2, 0.25) is 5.91 Å². The van der Waals surface area contributed by atoms with Gasteiger partial charge in [0.1, 0.15) is 4.99 Å². The Bertz CT molecular complexity index is 126. The number of amides is 1. The number of nitrogens with two attached hydrogens (primary N) is 1. The molecule has 0 aromatic heterocycles. The molecule has 9 heavy (non-hydrogen) atoms. The van der Waals surface area contributed by atoms with Crippen LogP contribution in [-0.2, 0) is 4.79 Å². The molecule has 0 radical (unpaired) electrons. The fourth-order valence-electron chi connectivity index (χ4n) is 0.293. The minimum Gasteiger partial charge on any atom is -0.370 e. The van der Waals surface area contributed by atoms with Gasteiger partial charge in [-0.15, -0.1) is 0 Å². The summed E-state index contributed by atoms with van der Waals surface area (Å²) >= 11 is 4.50. The van der Waals surface area contributed by atoms with E-state index < -0.39 is 5.91 Å². The van der Waals surface area contributed by atoms with Gasteiger partial charge < -0.3 is 5.73 Å². The summed E-state index contributed by atoms with van der Waals surface area (Å²) in [4.78, 5) is 10.3. The van der Waals surface area contributed by atoms with E-state index in [1.54, 1.807) is 5.48 Å². The van der Waals surface area contributed by atoms with Gasteiger partial charge in [-0.2, -0.15) is 0 Å². The highest BCUT2D eigenvalue weighted by Crippen LogP contribution is 1.87. The first-order valence-electron chi connectivity index (χ1n) is 2.38. The molecule has 1 amide bonds.